The summed E-state index contributed by atoms with van der Waals surface area (Å²) in [5, 5.41) is 19.8. The highest BCUT2D eigenvalue weighted by atomic mass is 16.4. The average molecular weight is 450 g/mol. The molecule has 0 spiro atoms. The van der Waals surface area contributed by atoms with Crippen molar-refractivity contribution >= 4 is 11.8 Å². The first-order chi connectivity index (χ1) is 16.1. The lowest BCUT2D eigenvalue weighted by molar-refractivity contribution is 0.0921. The minimum atomic E-state index is -0.263. The Bertz CT molecular complexity index is 1160. The minimum Gasteiger partial charge on any atom is -0.431 e. The van der Waals surface area contributed by atoms with Crippen LogP contribution in [0.1, 0.15) is 46.7 Å². The summed E-state index contributed by atoms with van der Waals surface area (Å²) in [6.07, 6.45) is 6.06. The van der Waals surface area contributed by atoms with Crippen molar-refractivity contribution in [3.8, 4) is 22.7 Å². The predicted molar refractivity (Wildman–Crippen MR) is 120 cm³/mol. The second-order valence-electron chi connectivity index (χ2n) is 8.78. The fourth-order valence-corrected chi connectivity index (χ4v) is 3.63. The number of carbonyl (C=O) groups excluding carboxylic acids is 2. The van der Waals surface area contributed by atoms with Crippen LogP contribution in [-0.4, -0.2) is 51.4 Å². The Balaban J connectivity index is 1.34. The zero-order chi connectivity index (χ0) is 22.8. The molecule has 2 saturated carbocycles. The van der Waals surface area contributed by atoms with Crippen molar-refractivity contribution in [2.75, 3.05) is 19.7 Å². The number of aliphatic hydroxyl groups excluding tert-OH is 1. The standard InChI is InChI=1S/C24H27N5O4/c30-9-8-29-20(22(31)25-12-15-4-5-15)11-19(28-29)17-2-1-3-18(10-17)24-27-14-21(33-24)23(32)26-13-16-6-7-16/h1-3,10-11,14-16,30H,4-9,12-13H2,(H,25,31)(H,26,32). The second kappa shape index (κ2) is 9.19. The third-order valence-corrected chi connectivity index (χ3v) is 5.96. The quantitative estimate of drug-likeness (QED) is 0.437. The van der Waals surface area contributed by atoms with E-state index >= 15 is 0 Å². The summed E-state index contributed by atoms with van der Waals surface area (Å²) in [6.45, 7) is 1.43. The molecule has 2 aliphatic rings. The first-order valence-corrected chi connectivity index (χ1v) is 11.4. The number of nitrogens with one attached hydrogen (secondary N) is 2. The van der Waals surface area contributed by atoms with Crippen molar-refractivity contribution in [3.05, 3.63) is 48.0 Å². The molecule has 5 rings (SSSR count). The number of nitrogens with zero attached hydrogens (tertiary/aromatic N) is 3. The summed E-state index contributed by atoms with van der Waals surface area (Å²) in [6, 6.07) is 9.15. The lowest BCUT2D eigenvalue weighted by Crippen LogP contribution is -2.28. The van der Waals surface area contributed by atoms with Crippen molar-refractivity contribution in [2.24, 2.45) is 11.8 Å². The van der Waals surface area contributed by atoms with Gasteiger partial charge in [0.25, 0.3) is 11.8 Å². The normalized spacial score (nSPS) is 15.4. The third-order valence-electron chi connectivity index (χ3n) is 5.96. The molecule has 2 amide bonds. The van der Waals surface area contributed by atoms with E-state index in [-0.39, 0.29) is 30.7 Å². The summed E-state index contributed by atoms with van der Waals surface area (Å²) in [5.74, 6) is 1.21. The number of benzene rings is 1. The molecule has 9 heteroatoms. The Morgan fingerprint density at radius 2 is 1.73 bits per heavy atom. The zero-order valence-electron chi connectivity index (χ0n) is 18.3. The van der Waals surface area contributed by atoms with Crippen molar-refractivity contribution in [1.82, 2.24) is 25.4 Å². The molecule has 2 aromatic heterocycles. The highest BCUT2D eigenvalue weighted by Crippen LogP contribution is 2.29. The molecule has 1 aromatic carbocycles. The maximum atomic E-state index is 12.7. The maximum absolute atomic E-state index is 12.7. The number of hydrogen-bond donors (Lipinski definition) is 3. The van der Waals surface area contributed by atoms with E-state index in [4.69, 9.17) is 4.42 Å². The molecule has 172 valence electrons. The molecule has 0 aliphatic heterocycles. The van der Waals surface area contributed by atoms with Gasteiger partial charge < -0.3 is 20.2 Å². The van der Waals surface area contributed by atoms with E-state index in [9.17, 15) is 14.7 Å². The van der Waals surface area contributed by atoms with Crippen molar-refractivity contribution in [3.63, 3.8) is 0 Å². The second-order valence-corrected chi connectivity index (χ2v) is 8.78. The predicted octanol–water partition coefficient (Wildman–Crippen LogP) is 2.48. The fourth-order valence-electron chi connectivity index (χ4n) is 3.63. The summed E-state index contributed by atoms with van der Waals surface area (Å²) in [5.41, 5.74) is 2.50. The van der Waals surface area contributed by atoms with Gasteiger partial charge in [-0.05, 0) is 55.7 Å². The first kappa shape index (κ1) is 21.4. The molecule has 3 N–H and O–H groups in total. The van der Waals surface area contributed by atoms with Crippen LogP contribution in [0.15, 0.2) is 40.9 Å². The van der Waals surface area contributed by atoms with Gasteiger partial charge >= 0.3 is 0 Å². The Hall–Kier alpha value is -3.46. The molecule has 0 saturated heterocycles. The van der Waals surface area contributed by atoms with Crippen molar-refractivity contribution in [1.29, 1.82) is 0 Å². The van der Waals surface area contributed by atoms with Crippen molar-refractivity contribution in [2.45, 2.75) is 32.2 Å². The van der Waals surface area contributed by atoms with E-state index in [0.717, 1.165) is 31.2 Å². The maximum Gasteiger partial charge on any atom is 0.288 e. The molecular formula is C24H27N5O4. The fraction of sp³-hybridized carbons (Fsp3) is 0.417. The topological polar surface area (TPSA) is 122 Å². The Labute approximate surface area is 191 Å². The highest BCUT2D eigenvalue weighted by molar-refractivity contribution is 5.94. The number of aliphatic hydroxyl groups is 1. The van der Waals surface area contributed by atoms with Crippen LogP contribution in [0.4, 0.5) is 0 Å². The molecule has 33 heavy (non-hydrogen) atoms. The van der Waals surface area contributed by atoms with Gasteiger partial charge in [-0.15, -0.1) is 0 Å². The van der Waals surface area contributed by atoms with Gasteiger partial charge in [-0.3, -0.25) is 14.3 Å². The van der Waals surface area contributed by atoms with Crippen LogP contribution in [0, 0.1) is 11.8 Å². The van der Waals surface area contributed by atoms with E-state index in [0.29, 0.717) is 47.8 Å². The van der Waals surface area contributed by atoms with E-state index in [2.05, 4.69) is 20.7 Å². The number of oxazole rings is 1. The van der Waals surface area contributed by atoms with Crippen LogP contribution in [0.2, 0.25) is 0 Å². The van der Waals surface area contributed by atoms with E-state index in [1.165, 1.54) is 10.9 Å². The smallest absolute Gasteiger partial charge is 0.288 e. The van der Waals surface area contributed by atoms with Gasteiger partial charge in [0, 0.05) is 24.2 Å². The Kier molecular flexibility index (Phi) is 5.95. The summed E-state index contributed by atoms with van der Waals surface area (Å²) < 4.78 is 7.22. The molecule has 0 atom stereocenters. The molecule has 3 aromatic rings. The molecule has 2 aliphatic carbocycles. The highest BCUT2D eigenvalue weighted by Gasteiger charge is 2.24. The summed E-state index contributed by atoms with van der Waals surface area (Å²) >= 11 is 0. The van der Waals surface area contributed by atoms with Crippen LogP contribution in [0.25, 0.3) is 22.7 Å². The average Bonchev–Trinajstić information content (AvgIpc) is 3.75. The first-order valence-electron chi connectivity index (χ1n) is 11.4. The lowest BCUT2D eigenvalue weighted by Gasteiger charge is -2.06. The molecule has 0 bridgehead atoms. The number of aromatic nitrogens is 3. The molecule has 0 radical (unpaired) electrons. The van der Waals surface area contributed by atoms with Crippen LogP contribution in [0.3, 0.4) is 0 Å². The van der Waals surface area contributed by atoms with E-state index < -0.39 is 0 Å². The van der Waals surface area contributed by atoms with Gasteiger partial charge in [0.15, 0.2) is 0 Å². The monoisotopic (exact) mass is 449 g/mol. The van der Waals surface area contributed by atoms with Gasteiger partial charge in [0.2, 0.25) is 11.7 Å². The summed E-state index contributed by atoms with van der Waals surface area (Å²) in [4.78, 5) is 29.2. The van der Waals surface area contributed by atoms with Crippen LogP contribution in [0.5, 0.6) is 0 Å². The molecular weight excluding hydrogens is 422 g/mol. The van der Waals surface area contributed by atoms with Gasteiger partial charge in [0.1, 0.15) is 5.69 Å². The summed E-state index contributed by atoms with van der Waals surface area (Å²) in [7, 11) is 0. The molecule has 0 unspecified atom stereocenters. The van der Waals surface area contributed by atoms with E-state index in [1.54, 1.807) is 6.07 Å². The van der Waals surface area contributed by atoms with Crippen LogP contribution >= 0.6 is 0 Å². The number of amides is 2. The van der Waals surface area contributed by atoms with Gasteiger partial charge in [-0.2, -0.15) is 5.10 Å². The molecule has 9 nitrogen and oxygen atoms in total. The Morgan fingerprint density at radius 3 is 2.42 bits per heavy atom. The lowest BCUT2D eigenvalue weighted by atomic mass is 10.1. The number of carbonyl (C=O) groups is 2. The number of rotatable bonds is 10. The Morgan fingerprint density at radius 1 is 1.03 bits per heavy atom. The van der Waals surface area contributed by atoms with Gasteiger partial charge in [-0.1, -0.05) is 12.1 Å². The van der Waals surface area contributed by atoms with Crippen LogP contribution in [-0.2, 0) is 6.54 Å². The SMILES string of the molecule is O=C(NCC1CC1)c1cnc(-c2cccc(-c3cc(C(=O)NCC4CC4)n(CCO)n3)c2)o1. The van der Waals surface area contributed by atoms with E-state index in [1.807, 2.05) is 24.3 Å². The minimum absolute atomic E-state index is 0.119. The van der Waals surface area contributed by atoms with Gasteiger partial charge in [0.05, 0.1) is 25.0 Å². The zero-order valence-corrected chi connectivity index (χ0v) is 18.3. The van der Waals surface area contributed by atoms with Gasteiger partial charge in [-0.25, -0.2) is 4.98 Å². The molecule has 2 heterocycles. The number of hydrogen-bond acceptors (Lipinski definition) is 6. The molecule has 2 fully saturated rings. The largest absolute Gasteiger partial charge is 0.431 e. The van der Waals surface area contributed by atoms with Crippen molar-refractivity contribution < 1.29 is 19.1 Å². The third kappa shape index (κ3) is 5.14. The van der Waals surface area contributed by atoms with Crippen LogP contribution < -0.4 is 10.6 Å².